The number of nitrogens with two attached hydrogens (primary N) is 1. The Morgan fingerprint density at radius 1 is 1.27 bits per heavy atom. The number of hydrogen-bond donors (Lipinski definition) is 3. The van der Waals surface area contributed by atoms with Crippen LogP contribution in [0, 0.1) is 6.92 Å². The lowest BCUT2D eigenvalue weighted by Gasteiger charge is -2.08. The predicted molar refractivity (Wildman–Crippen MR) is 83.9 cm³/mol. The highest BCUT2D eigenvalue weighted by Crippen LogP contribution is 2.19. The Balaban J connectivity index is 2.20. The zero-order valence-corrected chi connectivity index (χ0v) is 12.8. The summed E-state index contributed by atoms with van der Waals surface area (Å²) < 4.78 is 4.68. The van der Waals surface area contributed by atoms with E-state index in [-0.39, 0.29) is 17.6 Å². The Morgan fingerprint density at radius 2 is 1.91 bits per heavy atom. The summed E-state index contributed by atoms with van der Waals surface area (Å²) in [5.74, 6) is -0.837. The molecule has 0 fully saturated rings. The quantitative estimate of drug-likeness (QED) is 0.755. The van der Waals surface area contributed by atoms with E-state index < -0.39 is 5.97 Å². The molecule has 0 saturated heterocycles. The maximum absolute atomic E-state index is 12.3. The molecule has 116 valence electrons. The van der Waals surface area contributed by atoms with Crippen molar-refractivity contribution >= 4 is 17.6 Å². The van der Waals surface area contributed by atoms with Crippen LogP contribution in [0.25, 0.3) is 0 Å². The number of esters is 1. The van der Waals surface area contributed by atoms with Crippen molar-refractivity contribution in [2.45, 2.75) is 19.9 Å². The molecule has 1 amide bonds. The number of aryl methyl sites for hydroxylation is 1. The SMILES string of the molecule is COC(=O)c1[nH]c(C)cc1NC(=O)c1ccc([C@H](C)N)cc1. The summed E-state index contributed by atoms with van der Waals surface area (Å²) in [5, 5.41) is 2.71. The molecule has 6 nitrogen and oxygen atoms in total. The van der Waals surface area contributed by atoms with E-state index in [2.05, 4.69) is 15.0 Å². The van der Waals surface area contributed by atoms with Gasteiger partial charge in [-0.25, -0.2) is 4.79 Å². The number of nitrogens with one attached hydrogen (secondary N) is 2. The normalized spacial score (nSPS) is 11.8. The first kappa shape index (κ1) is 15.8. The van der Waals surface area contributed by atoms with Gasteiger partial charge in [0.2, 0.25) is 0 Å². The highest BCUT2D eigenvalue weighted by Gasteiger charge is 2.17. The van der Waals surface area contributed by atoms with Crippen LogP contribution in [0.2, 0.25) is 0 Å². The Labute approximate surface area is 128 Å². The molecule has 2 aromatic rings. The highest BCUT2D eigenvalue weighted by molar-refractivity contribution is 6.07. The van der Waals surface area contributed by atoms with E-state index in [9.17, 15) is 9.59 Å². The molecule has 2 rings (SSSR count). The molecule has 0 aliphatic carbocycles. The van der Waals surface area contributed by atoms with Gasteiger partial charge in [0.25, 0.3) is 5.91 Å². The van der Waals surface area contributed by atoms with Crippen LogP contribution in [0.5, 0.6) is 0 Å². The number of aromatic amines is 1. The molecule has 6 heteroatoms. The minimum atomic E-state index is -0.532. The number of amides is 1. The van der Waals surface area contributed by atoms with Crippen molar-refractivity contribution < 1.29 is 14.3 Å². The number of carbonyl (C=O) groups is 2. The van der Waals surface area contributed by atoms with E-state index in [1.165, 1.54) is 7.11 Å². The number of benzene rings is 1. The monoisotopic (exact) mass is 301 g/mol. The molecular formula is C16H19N3O3. The standard InChI is InChI=1S/C16H19N3O3/c1-9-8-13(14(18-9)16(21)22-3)19-15(20)12-6-4-11(5-7-12)10(2)17/h4-8,10,18H,17H2,1-3H3,(H,19,20)/t10-/m0/s1. The van der Waals surface area contributed by atoms with Gasteiger partial charge < -0.3 is 20.8 Å². The van der Waals surface area contributed by atoms with Gasteiger partial charge in [-0.1, -0.05) is 12.1 Å². The van der Waals surface area contributed by atoms with Crippen molar-refractivity contribution in [3.63, 3.8) is 0 Å². The number of aromatic nitrogens is 1. The van der Waals surface area contributed by atoms with Gasteiger partial charge in [0.05, 0.1) is 12.8 Å². The first-order valence-electron chi connectivity index (χ1n) is 6.87. The first-order chi connectivity index (χ1) is 10.4. The maximum atomic E-state index is 12.3. The summed E-state index contributed by atoms with van der Waals surface area (Å²) in [7, 11) is 1.29. The third kappa shape index (κ3) is 3.35. The maximum Gasteiger partial charge on any atom is 0.356 e. The van der Waals surface area contributed by atoms with Gasteiger partial charge in [-0.05, 0) is 37.6 Å². The molecule has 0 saturated carbocycles. The van der Waals surface area contributed by atoms with Crippen LogP contribution < -0.4 is 11.1 Å². The molecule has 0 unspecified atom stereocenters. The van der Waals surface area contributed by atoms with Gasteiger partial charge in [-0.2, -0.15) is 0 Å². The van der Waals surface area contributed by atoms with Crippen molar-refractivity contribution in [1.82, 2.24) is 4.98 Å². The summed E-state index contributed by atoms with van der Waals surface area (Å²) in [6.45, 7) is 3.67. The molecule has 0 aliphatic rings. The van der Waals surface area contributed by atoms with E-state index in [1.807, 2.05) is 19.1 Å². The summed E-state index contributed by atoms with van der Waals surface area (Å²) in [6, 6.07) is 8.61. The second kappa shape index (κ2) is 6.44. The van der Waals surface area contributed by atoms with Crippen LogP contribution in [-0.4, -0.2) is 24.0 Å². The Bertz CT molecular complexity index is 687. The molecule has 1 heterocycles. The van der Waals surface area contributed by atoms with E-state index in [0.717, 1.165) is 11.3 Å². The van der Waals surface area contributed by atoms with E-state index in [4.69, 9.17) is 5.73 Å². The number of methoxy groups -OCH3 is 1. The van der Waals surface area contributed by atoms with Crippen LogP contribution in [0.1, 0.15) is 45.1 Å². The zero-order valence-electron chi connectivity index (χ0n) is 12.8. The van der Waals surface area contributed by atoms with Gasteiger partial charge in [0.15, 0.2) is 0 Å². The van der Waals surface area contributed by atoms with Gasteiger partial charge >= 0.3 is 5.97 Å². The number of hydrogen-bond acceptors (Lipinski definition) is 4. The first-order valence-corrected chi connectivity index (χ1v) is 6.87. The number of anilines is 1. The van der Waals surface area contributed by atoms with E-state index in [0.29, 0.717) is 11.3 Å². The third-order valence-electron chi connectivity index (χ3n) is 3.29. The molecule has 0 aliphatic heterocycles. The topological polar surface area (TPSA) is 97.2 Å². The van der Waals surface area contributed by atoms with E-state index >= 15 is 0 Å². The van der Waals surface area contributed by atoms with Gasteiger partial charge in [-0.3, -0.25) is 4.79 Å². The summed E-state index contributed by atoms with van der Waals surface area (Å²) in [6.07, 6.45) is 0. The van der Waals surface area contributed by atoms with Crippen LogP contribution >= 0.6 is 0 Å². The lowest BCUT2D eigenvalue weighted by atomic mass is 10.1. The molecular weight excluding hydrogens is 282 g/mol. The summed E-state index contributed by atoms with van der Waals surface area (Å²) in [5.41, 5.74) is 8.58. The van der Waals surface area contributed by atoms with Crippen LogP contribution in [0.3, 0.4) is 0 Å². The fourth-order valence-electron chi connectivity index (χ4n) is 2.08. The smallest absolute Gasteiger partial charge is 0.356 e. The zero-order chi connectivity index (χ0) is 16.3. The second-order valence-electron chi connectivity index (χ2n) is 5.10. The minimum absolute atomic E-state index is 0.0876. The average molecular weight is 301 g/mol. The van der Waals surface area contributed by atoms with Gasteiger partial charge in [0, 0.05) is 17.3 Å². The summed E-state index contributed by atoms with van der Waals surface area (Å²) >= 11 is 0. The minimum Gasteiger partial charge on any atom is -0.464 e. The predicted octanol–water partition coefficient (Wildman–Crippen LogP) is 2.38. The van der Waals surface area contributed by atoms with Gasteiger partial charge in [0.1, 0.15) is 5.69 Å². The number of rotatable bonds is 4. The summed E-state index contributed by atoms with van der Waals surface area (Å²) in [4.78, 5) is 26.8. The van der Waals surface area contributed by atoms with Crippen LogP contribution in [0.4, 0.5) is 5.69 Å². The lowest BCUT2D eigenvalue weighted by Crippen LogP contribution is -2.15. The third-order valence-corrected chi connectivity index (χ3v) is 3.29. The fraction of sp³-hybridized carbons (Fsp3) is 0.250. The fourth-order valence-corrected chi connectivity index (χ4v) is 2.08. The second-order valence-corrected chi connectivity index (χ2v) is 5.10. The van der Waals surface area contributed by atoms with Crippen LogP contribution in [-0.2, 0) is 4.74 Å². The van der Waals surface area contributed by atoms with Crippen LogP contribution in [0.15, 0.2) is 30.3 Å². The molecule has 0 radical (unpaired) electrons. The molecule has 0 bridgehead atoms. The van der Waals surface area contributed by atoms with Crippen molar-refractivity contribution in [2.24, 2.45) is 5.73 Å². The molecule has 1 atom stereocenters. The lowest BCUT2D eigenvalue weighted by molar-refractivity contribution is 0.0596. The Morgan fingerprint density at radius 3 is 2.45 bits per heavy atom. The number of H-pyrrole nitrogens is 1. The highest BCUT2D eigenvalue weighted by atomic mass is 16.5. The molecule has 0 spiro atoms. The van der Waals surface area contributed by atoms with E-state index in [1.54, 1.807) is 25.1 Å². The number of carbonyl (C=O) groups excluding carboxylic acids is 2. The molecule has 1 aromatic heterocycles. The average Bonchev–Trinajstić information content (AvgIpc) is 2.87. The van der Waals surface area contributed by atoms with Crippen molar-refractivity contribution in [3.05, 3.63) is 52.8 Å². The van der Waals surface area contributed by atoms with Crippen molar-refractivity contribution in [1.29, 1.82) is 0 Å². The Hall–Kier alpha value is -2.60. The van der Waals surface area contributed by atoms with Crippen molar-refractivity contribution in [3.8, 4) is 0 Å². The Kier molecular flexibility index (Phi) is 4.62. The molecule has 22 heavy (non-hydrogen) atoms. The number of ether oxygens (including phenoxy) is 1. The molecule has 1 aromatic carbocycles. The largest absolute Gasteiger partial charge is 0.464 e. The molecule has 4 N–H and O–H groups in total. The van der Waals surface area contributed by atoms with Crippen molar-refractivity contribution in [2.75, 3.05) is 12.4 Å². The van der Waals surface area contributed by atoms with Gasteiger partial charge in [-0.15, -0.1) is 0 Å².